The van der Waals surface area contributed by atoms with Gasteiger partial charge in [-0.3, -0.25) is 0 Å². The van der Waals surface area contributed by atoms with Crippen LogP contribution in [0.5, 0.6) is 0 Å². The number of nitrogens with one attached hydrogen (secondary N) is 1. The number of amides is 1. The smallest absolute Gasteiger partial charge is 0.408 e. The molecule has 1 fully saturated rings. The van der Waals surface area contributed by atoms with Crippen LogP contribution < -0.4 is 5.32 Å². The van der Waals surface area contributed by atoms with E-state index >= 15 is 0 Å². The van der Waals surface area contributed by atoms with Gasteiger partial charge in [-0.25, -0.2) is 9.59 Å². The highest BCUT2D eigenvalue weighted by atomic mass is 16.6. The molecular formula is C9H15NO5. The highest BCUT2D eigenvalue weighted by molar-refractivity contribution is 5.84. The lowest BCUT2D eigenvalue weighted by Crippen LogP contribution is -2.55. The molecule has 0 aromatic heterocycles. The van der Waals surface area contributed by atoms with Gasteiger partial charge in [-0.1, -0.05) is 0 Å². The van der Waals surface area contributed by atoms with Crippen molar-refractivity contribution in [2.45, 2.75) is 31.9 Å². The predicted octanol–water partition coefficient (Wildman–Crippen LogP) is 0.365. The van der Waals surface area contributed by atoms with Gasteiger partial charge in [0, 0.05) is 13.0 Å². The van der Waals surface area contributed by atoms with Crippen molar-refractivity contribution in [1.82, 2.24) is 5.32 Å². The van der Waals surface area contributed by atoms with E-state index < -0.39 is 17.6 Å². The largest absolute Gasteiger partial charge is 0.479 e. The lowest BCUT2D eigenvalue weighted by Gasteiger charge is -2.23. The van der Waals surface area contributed by atoms with Crippen LogP contribution in [-0.2, 0) is 14.3 Å². The highest BCUT2D eigenvalue weighted by Crippen LogP contribution is 2.19. The Morgan fingerprint density at radius 1 is 1.53 bits per heavy atom. The van der Waals surface area contributed by atoms with Crippen LogP contribution in [-0.4, -0.2) is 42.0 Å². The van der Waals surface area contributed by atoms with E-state index in [0.29, 0.717) is 6.61 Å². The molecule has 0 aliphatic carbocycles. The van der Waals surface area contributed by atoms with Gasteiger partial charge in [0.05, 0.1) is 12.7 Å². The summed E-state index contributed by atoms with van der Waals surface area (Å²) in [7, 11) is 0. The van der Waals surface area contributed by atoms with Crippen molar-refractivity contribution in [3.05, 3.63) is 0 Å². The van der Waals surface area contributed by atoms with E-state index in [1.807, 2.05) is 0 Å². The molecule has 1 aliphatic heterocycles. The van der Waals surface area contributed by atoms with Crippen molar-refractivity contribution in [3.63, 3.8) is 0 Å². The molecule has 0 spiro atoms. The second-order valence-electron chi connectivity index (χ2n) is 3.77. The highest BCUT2D eigenvalue weighted by Gasteiger charge is 2.44. The molecule has 6 heteroatoms. The average Bonchev–Trinajstić information content (AvgIpc) is 2.52. The molecule has 2 N–H and O–H groups in total. The second kappa shape index (κ2) is 4.48. The van der Waals surface area contributed by atoms with Gasteiger partial charge in [0.25, 0.3) is 0 Å². The fraction of sp³-hybridized carbons (Fsp3) is 0.778. The molecule has 1 rings (SSSR count). The summed E-state index contributed by atoms with van der Waals surface area (Å²) in [5.74, 6) is -1.10. The van der Waals surface area contributed by atoms with Crippen LogP contribution >= 0.6 is 0 Å². The summed E-state index contributed by atoms with van der Waals surface area (Å²) >= 11 is 0. The first-order valence-electron chi connectivity index (χ1n) is 4.76. The van der Waals surface area contributed by atoms with Gasteiger partial charge < -0.3 is 19.9 Å². The molecule has 0 radical (unpaired) electrons. The van der Waals surface area contributed by atoms with Crippen molar-refractivity contribution < 1.29 is 24.2 Å². The Bertz CT molecular complexity index is 257. The molecule has 1 atom stereocenters. The molecule has 0 saturated carbocycles. The number of carbonyl (C=O) groups is 2. The van der Waals surface area contributed by atoms with Crippen LogP contribution in [0.3, 0.4) is 0 Å². The van der Waals surface area contributed by atoms with Gasteiger partial charge in [-0.2, -0.15) is 0 Å². The second-order valence-corrected chi connectivity index (χ2v) is 3.77. The Morgan fingerprint density at radius 2 is 2.20 bits per heavy atom. The number of hydrogen-bond acceptors (Lipinski definition) is 4. The average molecular weight is 217 g/mol. The van der Waals surface area contributed by atoms with Crippen molar-refractivity contribution in [1.29, 1.82) is 0 Å². The molecule has 1 heterocycles. The number of carboxylic acid groups (broad SMARTS) is 1. The van der Waals surface area contributed by atoms with Gasteiger partial charge in [0.1, 0.15) is 0 Å². The third kappa shape index (κ3) is 2.82. The van der Waals surface area contributed by atoms with Crippen LogP contribution in [0, 0.1) is 0 Å². The maximum absolute atomic E-state index is 11.3. The number of ether oxygens (including phenoxy) is 2. The maximum atomic E-state index is 11.3. The number of carbonyl (C=O) groups excluding carboxylic acids is 1. The quantitative estimate of drug-likeness (QED) is 0.713. The van der Waals surface area contributed by atoms with Crippen molar-refractivity contribution in [2.75, 3.05) is 13.2 Å². The van der Waals surface area contributed by atoms with Gasteiger partial charge in [0.2, 0.25) is 0 Å². The van der Waals surface area contributed by atoms with Gasteiger partial charge in [-0.15, -0.1) is 0 Å². The first-order valence-corrected chi connectivity index (χ1v) is 4.76. The summed E-state index contributed by atoms with van der Waals surface area (Å²) in [6.45, 7) is 3.69. The van der Waals surface area contributed by atoms with Gasteiger partial charge in [-0.05, 0) is 13.8 Å². The molecule has 1 unspecified atom stereocenters. The Morgan fingerprint density at radius 3 is 2.60 bits per heavy atom. The van der Waals surface area contributed by atoms with E-state index in [1.165, 1.54) is 0 Å². The number of aliphatic carboxylic acids is 1. The molecule has 6 nitrogen and oxygen atoms in total. The minimum Gasteiger partial charge on any atom is -0.479 e. The summed E-state index contributed by atoms with van der Waals surface area (Å²) in [5.41, 5.74) is -1.33. The van der Waals surface area contributed by atoms with Gasteiger partial charge >= 0.3 is 12.1 Å². The van der Waals surface area contributed by atoms with Crippen molar-refractivity contribution in [3.8, 4) is 0 Å². The topological polar surface area (TPSA) is 84.9 Å². The number of carboxylic acids is 1. The van der Waals surface area contributed by atoms with Crippen LogP contribution in [0.4, 0.5) is 4.79 Å². The van der Waals surface area contributed by atoms with E-state index in [2.05, 4.69) is 5.32 Å². The Labute approximate surface area is 87.5 Å². The minimum absolute atomic E-state index is 0.0183. The van der Waals surface area contributed by atoms with Crippen molar-refractivity contribution >= 4 is 12.1 Å². The zero-order chi connectivity index (χ0) is 11.5. The predicted molar refractivity (Wildman–Crippen MR) is 50.6 cm³/mol. The van der Waals surface area contributed by atoms with E-state index in [0.717, 1.165) is 0 Å². The Balaban J connectivity index is 2.59. The first kappa shape index (κ1) is 11.8. The van der Waals surface area contributed by atoms with E-state index in [4.69, 9.17) is 14.6 Å². The molecule has 1 saturated heterocycles. The molecule has 86 valence electrons. The third-order valence-electron chi connectivity index (χ3n) is 2.12. The van der Waals surface area contributed by atoms with E-state index in [1.54, 1.807) is 13.8 Å². The monoisotopic (exact) mass is 217 g/mol. The molecule has 0 bridgehead atoms. The lowest BCUT2D eigenvalue weighted by atomic mass is 10.00. The van der Waals surface area contributed by atoms with E-state index in [9.17, 15) is 9.59 Å². The minimum atomic E-state index is -1.33. The van der Waals surface area contributed by atoms with Gasteiger partial charge in [0.15, 0.2) is 5.54 Å². The molecule has 0 aromatic rings. The summed E-state index contributed by atoms with van der Waals surface area (Å²) < 4.78 is 9.79. The SMILES string of the molecule is CC(C)OC(=O)NC1(C(=O)O)CCOC1. The van der Waals surface area contributed by atoms with Crippen molar-refractivity contribution in [2.24, 2.45) is 0 Å². The normalized spacial score (nSPS) is 25.3. The fourth-order valence-corrected chi connectivity index (χ4v) is 1.32. The number of hydrogen-bond donors (Lipinski definition) is 2. The zero-order valence-corrected chi connectivity index (χ0v) is 8.78. The molecule has 15 heavy (non-hydrogen) atoms. The summed E-state index contributed by atoms with van der Waals surface area (Å²) in [6, 6.07) is 0. The standard InChI is InChI=1S/C9H15NO5/c1-6(2)15-8(13)10-9(7(11)12)3-4-14-5-9/h6H,3-5H2,1-2H3,(H,10,13)(H,11,12). The van der Waals surface area contributed by atoms with Crippen LogP contribution in [0.15, 0.2) is 0 Å². The summed E-state index contributed by atoms with van der Waals surface area (Å²) in [5, 5.41) is 11.3. The molecule has 1 amide bonds. The Kier molecular flexibility index (Phi) is 3.52. The fourth-order valence-electron chi connectivity index (χ4n) is 1.32. The zero-order valence-electron chi connectivity index (χ0n) is 8.78. The molecule has 1 aliphatic rings. The maximum Gasteiger partial charge on any atom is 0.408 e. The molecular weight excluding hydrogens is 202 g/mol. The van der Waals surface area contributed by atoms with Crippen LogP contribution in [0.25, 0.3) is 0 Å². The Hall–Kier alpha value is -1.30. The van der Waals surface area contributed by atoms with Crippen LogP contribution in [0.1, 0.15) is 20.3 Å². The number of alkyl carbamates (subject to hydrolysis) is 1. The first-order chi connectivity index (χ1) is 6.96. The summed E-state index contributed by atoms with van der Waals surface area (Å²) in [4.78, 5) is 22.3. The number of rotatable bonds is 3. The van der Waals surface area contributed by atoms with E-state index in [-0.39, 0.29) is 19.1 Å². The summed E-state index contributed by atoms with van der Waals surface area (Å²) in [6.07, 6.45) is -0.744. The lowest BCUT2D eigenvalue weighted by molar-refractivity contribution is -0.144. The molecule has 0 aromatic carbocycles. The third-order valence-corrected chi connectivity index (χ3v) is 2.12. The van der Waals surface area contributed by atoms with Crippen LogP contribution in [0.2, 0.25) is 0 Å².